The van der Waals surface area contributed by atoms with Crippen LogP contribution < -0.4 is 14.8 Å². The highest BCUT2D eigenvalue weighted by atomic mass is 79.9. The molecule has 1 heterocycles. The highest BCUT2D eigenvalue weighted by Gasteiger charge is 2.35. The van der Waals surface area contributed by atoms with Crippen molar-refractivity contribution in [2.24, 2.45) is 0 Å². The van der Waals surface area contributed by atoms with Crippen molar-refractivity contribution >= 4 is 27.8 Å². The number of carbonyl (C=O) groups excluding carboxylic acids is 2. The van der Waals surface area contributed by atoms with Gasteiger partial charge in [0.1, 0.15) is 11.5 Å². The Kier molecular flexibility index (Phi) is 6.11. The lowest BCUT2D eigenvalue weighted by atomic mass is 9.84. The van der Waals surface area contributed by atoms with Gasteiger partial charge in [-0.2, -0.15) is 0 Å². The maximum absolute atomic E-state index is 12.6. The number of halogens is 1. The lowest BCUT2D eigenvalue weighted by Gasteiger charge is -2.28. The molecular weight excluding hydrogens is 390 g/mol. The number of esters is 1. The fourth-order valence-corrected chi connectivity index (χ4v) is 3.36. The summed E-state index contributed by atoms with van der Waals surface area (Å²) in [5.41, 5.74) is 1.62. The van der Waals surface area contributed by atoms with Crippen molar-refractivity contribution < 1.29 is 23.8 Å². The van der Waals surface area contributed by atoms with E-state index >= 15 is 0 Å². The number of nitrogens with one attached hydrogen (secondary N) is 1. The van der Waals surface area contributed by atoms with Crippen LogP contribution in [-0.4, -0.2) is 32.2 Å². The van der Waals surface area contributed by atoms with E-state index in [2.05, 4.69) is 21.2 Å². The third kappa shape index (κ3) is 4.15. The van der Waals surface area contributed by atoms with Crippen LogP contribution in [0.5, 0.6) is 11.5 Å². The molecular formula is C18H22BrNO5. The molecule has 0 spiro atoms. The zero-order valence-corrected chi connectivity index (χ0v) is 16.5. The average Bonchev–Trinajstić information content (AvgIpc) is 2.52. The first-order chi connectivity index (χ1) is 11.8. The Bertz CT molecular complexity index is 726. The van der Waals surface area contributed by atoms with Crippen LogP contribution in [-0.2, 0) is 14.3 Å². The smallest absolute Gasteiger partial charge is 0.336 e. The second-order valence-corrected chi connectivity index (χ2v) is 6.88. The normalized spacial score (nSPS) is 17.4. The van der Waals surface area contributed by atoms with Gasteiger partial charge in [-0.3, -0.25) is 4.79 Å². The minimum atomic E-state index is -0.475. The first-order valence-corrected chi connectivity index (χ1v) is 8.70. The van der Waals surface area contributed by atoms with Gasteiger partial charge in [0.2, 0.25) is 5.91 Å². The Hall–Kier alpha value is -2.02. The zero-order chi connectivity index (χ0) is 18.7. The number of ether oxygens (including phenoxy) is 3. The van der Waals surface area contributed by atoms with Gasteiger partial charge in [0.25, 0.3) is 0 Å². The SMILES string of the molecule is COc1cc([C@@H]2CC(=O)NC(C)=C2C(=O)OC(C)C)c(OC)cc1Br. The Morgan fingerprint density at radius 1 is 1.24 bits per heavy atom. The molecule has 0 fully saturated rings. The van der Waals surface area contributed by atoms with Gasteiger partial charge in [-0.25, -0.2) is 4.79 Å². The van der Waals surface area contributed by atoms with E-state index in [0.717, 1.165) is 4.47 Å². The summed E-state index contributed by atoms with van der Waals surface area (Å²) in [6.45, 7) is 5.27. The van der Waals surface area contributed by atoms with Crippen molar-refractivity contribution in [2.75, 3.05) is 14.2 Å². The number of methoxy groups -OCH3 is 2. The van der Waals surface area contributed by atoms with Gasteiger partial charge < -0.3 is 19.5 Å². The van der Waals surface area contributed by atoms with Crippen LogP contribution >= 0.6 is 15.9 Å². The van der Waals surface area contributed by atoms with E-state index in [9.17, 15) is 9.59 Å². The summed E-state index contributed by atoms with van der Waals surface area (Å²) in [5.74, 6) is 0.0805. The summed E-state index contributed by atoms with van der Waals surface area (Å²) < 4.78 is 16.9. The molecule has 0 aromatic heterocycles. The summed E-state index contributed by atoms with van der Waals surface area (Å²) in [5, 5.41) is 2.72. The molecule has 0 radical (unpaired) electrons. The van der Waals surface area contributed by atoms with Crippen LogP contribution in [0.2, 0.25) is 0 Å². The first-order valence-electron chi connectivity index (χ1n) is 7.91. The molecule has 1 aliphatic rings. The number of allylic oxidation sites excluding steroid dienone is 1. The maximum Gasteiger partial charge on any atom is 0.336 e. The topological polar surface area (TPSA) is 73.9 Å². The lowest BCUT2D eigenvalue weighted by Crippen LogP contribution is -2.34. The van der Waals surface area contributed by atoms with Gasteiger partial charge in [0.15, 0.2) is 0 Å². The first kappa shape index (κ1) is 19.3. The van der Waals surface area contributed by atoms with Crippen LogP contribution in [0.4, 0.5) is 0 Å². The monoisotopic (exact) mass is 411 g/mol. The van der Waals surface area contributed by atoms with Gasteiger partial charge in [0, 0.05) is 23.6 Å². The third-order valence-electron chi connectivity index (χ3n) is 3.91. The lowest BCUT2D eigenvalue weighted by molar-refractivity contribution is -0.143. The summed E-state index contributed by atoms with van der Waals surface area (Å²) in [4.78, 5) is 24.7. The Morgan fingerprint density at radius 2 is 1.88 bits per heavy atom. The van der Waals surface area contributed by atoms with Crippen molar-refractivity contribution in [3.05, 3.63) is 33.4 Å². The van der Waals surface area contributed by atoms with E-state index in [0.29, 0.717) is 28.3 Å². The molecule has 136 valence electrons. The van der Waals surface area contributed by atoms with Crippen LogP contribution in [0.3, 0.4) is 0 Å². The van der Waals surface area contributed by atoms with Crippen molar-refractivity contribution in [3.63, 3.8) is 0 Å². The third-order valence-corrected chi connectivity index (χ3v) is 4.53. The number of hydrogen-bond donors (Lipinski definition) is 1. The summed E-state index contributed by atoms with van der Waals surface area (Å²) >= 11 is 3.42. The number of hydrogen-bond acceptors (Lipinski definition) is 5. The molecule has 0 saturated heterocycles. The number of benzene rings is 1. The van der Waals surface area contributed by atoms with Crippen LogP contribution in [0.15, 0.2) is 27.9 Å². The van der Waals surface area contributed by atoms with Crippen molar-refractivity contribution in [1.29, 1.82) is 0 Å². The van der Waals surface area contributed by atoms with Crippen LogP contribution in [0.1, 0.15) is 38.7 Å². The number of carbonyl (C=O) groups is 2. The summed E-state index contributed by atoms with van der Waals surface area (Å²) in [6, 6.07) is 3.55. The molecule has 1 aliphatic heterocycles. The molecule has 7 heteroatoms. The van der Waals surface area contributed by atoms with Crippen LogP contribution in [0.25, 0.3) is 0 Å². The molecule has 6 nitrogen and oxygen atoms in total. The van der Waals surface area contributed by atoms with Gasteiger partial charge in [-0.15, -0.1) is 0 Å². The quantitative estimate of drug-likeness (QED) is 0.752. The number of amides is 1. The zero-order valence-electron chi connectivity index (χ0n) is 14.9. The Labute approximate surface area is 155 Å². The van der Waals surface area contributed by atoms with Crippen molar-refractivity contribution in [3.8, 4) is 11.5 Å². The maximum atomic E-state index is 12.6. The number of rotatable bonds is 5. The van der Waals surface area contributed by atoms with E-state index in [1.54, 1.807) is 47.1 Å². The minimum absolute atomic E-state index is 0.126. The molecule has 1 N–H and O–H groups in total. The van der Waals surface area contributed by atoms with Gasteiger partial charge in [0.05, 0.1) is 30.4 Å². The summed E-state index contributed by atoms with van der Waals surface area (Å²) in [7, 11) is 3.10. The largest absolute Gasteiger partial charge is 0.496 e. The molecule has 0 unspecified atom stereocenters. The highest BCUT2D eigenvalue weighted by Crippen LogP contribution is 2.42. The fraction of sp³-hybridized carbons (Fsp3) is 0.444. The molecule has 1 amide bonds. The highest BCUT2D eigenvalue weighted by molar-refractivity contribution is 9.10. The summed E-state index contributed by atoms with van der Waals surface area (Å²) in [6.07, 6.45) is -0.131. The fourth-order valence-electron chi connectivity index (χ4n) is 2.87. The molecule has 0 aliphatic carbocycles. The molecule has 0 saturated carbocycles. The second kappa shape index (κ2) is 7.91. The predicted octanol–water partition coefficient (Wildman–Crippen LogP) is 3.30. The predicted molar refractivity (Wildman–Crippen MR) is 96.7 cm³/mol. The van der Waals surface area contributed by atoms with Crippen molar-refractivity contribution in [2.45, 2.75) is 39.2 Å². The molecule has 25 heavy (non-hydrogen) atoms. The van der Waals surface area contributed by atoms with E-state index < -0.39 is 11.9 Å². The van der Waals surface area contributed by atoms with Crippen LogP contribution in [0, 0.1) is 0 Å². The van der Waals surface area contributed by atoms with E-state index in [1.807, 2.05) is 0 Å². The van der Waals surface area contributed by atoms with Gasteiger partial charge in [-0.05, 0) is 48.8 Å². The molecule has 0 bridgehead atoms. The standard InChI is InChI=1S/C18H22BrNO5/c1-9(2)25-18(22)17-10(3)20-16(21)7-12(17)11-6-15(24-5)13(19)8-14(11)23-4/h6,8-9,12H,7H2,1-5H3,(H,20,21)/t12-/m0/s1. The van der Waals surface area contributed by atoms with E-state index in [-0.39, 0.29) is 18.4 Å². The van der Waals surface area contributed by atoms with E-state index in [1.165, 1.54) is 0 Å². The van der Waals surface area contributed by atoms with Gasteiger partial charge in [-0.1, -0.05) is 0 Å². The average molecular weight is 412 g/mol. The molecule has 1 aromatic carbocycles. The van der Waals surface area contributed by atoms with E-state index in [4.69, 9.17) is 14.2 Å². The second-order valence-electron chi connectivity index (χ2n) is 6.03. The Morgan fingerprint density at radius 3 is 2.44 bits per heavy atom. The van der Waals surface area contributed by atoms with Crippen molar-refractivity contribution in [1.82, 2.24) is 5.32 Å². The molecule has 2 rings (SSSR count). The minimum Gasteiger partial charge on any atom is -0.496 e. The molecule has 1 atom stereocenters. The molecule has 1 aromatic rings. The van der Waals surface area contributed by atoms with Gasteiger partial charge >= 0.3 is 5.97 Å². The Balaban J connectivity index is 2.59.